The Hall–Kier alpha value is -2.66. The lowest BCUT2D eigenvalue weighted by molar-refractivity contribution is -0.384. The molecule has 0 fully saturated rings. The molecule has 21 heavy (non-hydrogen) atoms. The number of nitrogens with one attached hydrogen (secondary N) is 1. The first-order valence-corrected chi connectivity index (χ1v) is 6.41. The van der Waals surface area contributed by atoms with Crippen molar-refractivity contribution in [3.05, 3.63) is 74.0 Å². The number of hydrogen-bond donors (Lipinski definition) is 1. The van der Waals surface area contributed by atoms with Crippen LogP contribution in [0.1, 0.15) is 0 Å². The molecule has 1 heterocycles. The van der Waals surface area contributed by atoms with Crippen LogP contribution in [0.25, 0.3) is 22.0 Å². The number of nitro groups is 1. The van der Waals surface area contributed by atoms with Crippen molar-refractivity contribution < 1.29 is 4.92 Å². The number of fused-ring (bicyclic) bond motifs is 1. The number of nitrogens with zero attached hydrogens (tertiary/aromatic N) is 1. The van der Waals surface area contributed by atoms with Gasteiger partial charge in [-0.2, -0.15) is 0 Å². The first-order chi connectivity index (χ1) is 10.0. The van der Waals surface area contributed by atoms with Crippen molar-refractivity contribution >= 4 is 28.2 Å². The molecule has 0 spiro atoms. The second kappa shape index (κ2) is 5.03. The number of benzene rings is 2. The highest BCUT2D eigenvalue weighted by Crippen LogP contribution is 2.32. The first-order valence-electron chi connectivity index (χ1n) is 6.04. The van der Waals surface area contributed by atoms with Crippen LogP contribution < -0.4 is 5.56 Å². The number of H-pyrrole nitrogens is 1. The predicted molar refractivity (Wildman–Crippen MR) is 80.5 cm³/mol. The van der Waals surface area contributed by atoms with Gasteiger partial charge < -0.3 is 4.98 Å². The smallest absolute Gasteiger partial charge is 0.270 e. The van der Waals surface area contributed by atoms with Gasteiger partial charge in [0.2, 0.25) is 0 Å². The normalized spacial score (nSPS) is 10.7. The molecule has 1 N–H and O–H groups in total. The summed E-state index contributed by atoms with van der Waals surface area (Å²) >= 11 is 6.22. The van der Waals surface area contributed by atoms with Gasteiger partial charge in [-0.15, -0.1) is 0 Å². The average Bonchev–Trinajstić information content (AvgIpc) is 2.46. The summed E-state index contributed by atoms with van der Waals surface area (Å²) in [7, 11) is 0. The third-order valence-corrected chi connectivity index (χ3v) is 3.43. The number of aromatic nitrogens is 1. The van der Waals surface area contributed by atoms with Crippen LogP contribution in [0.4, 0.5) is 5.69 Å². The largest absolute Gasteiger partial charge is 0.321 e. The Morgan fingerprint density at radius 1 is 1.24 bits per heavy atom. The average molecular weight is 300 g/mol. The number of halogens is 1. The molecule has 0 unspecified atom stereocenters. The van der Waals surface area contributed by atoms with Gasteiger partial charge in [0.25, 0.3) is 11.2 Å². The third-order valence-electron chi connectivity index (χ3n) is 3.11. The van der Waals surface area contributed by atoms with E-state index in [0.717, 1.165) is 5.39 Å². The van der Waals surface area contributed by atoms with E-state index in [-0.39, 0.29) is 11.2 Å². The fraction of sp³-hybridized carbons (Fsp3) is 0. The van der Waals surface area contributed by atoms with E-state index in [9.17, 15) is 14.9 Å². The van der Waals surface area contributed by atoms with Crippen molar-refractivity contribution in [2.45, 2.75) is 0 Å². The Kier molecular flexibility index (Phi) is 3.19. The van der Waals surface area contributed by atoms with Crippen molar-refractivity contribution in [3.63, 3.8) is 0 Å². The van der Waals surface area contributed by atoms with Crippen LogP contribution in [0.15, 0.2) is 47.3 Å². The van der Waals surface area contributed by atoms with Crippen LogP contribution in [0, 0.1) is 16.2 Å². The molecule has 3 rings (SSSR count). The molecular weight excluding hydrogens is 292 g/mol. The summed E-state index contributed by atoms with van der Waals surface area (Å²) in [5.74, 6) is 0. The minimum atomic E-state index is -0.455. The van der Waals surface area contributed by atoms with Crippen LogP contribution in [-0.2, 0) is 0 Å². The van der Waals surface area contributed by atoms with Gasteiger partial charge in [0.15, 0.2) is 0 Å². The van der Waals surface area contributed by atoms with E-state index in [4.69, 9.17) is 11.6 Å². The van der Waals surface area contributed by atoms with Gasteiger partial charge in [-0.05, 0) is 29.1 Å². The number of non-ortho nitro benzene ring substituents is 1. The van der Waals surface area contributed by atoms with Crippen LogP contribution in [0.5, 0.6) is 0 Å². The zero-order valence-corrected chi connectivity index (χ0v) is 11.3. The maximum Gasteiger partial charge on any atom is 0.270 e. The Morgan fingerprint density at radius 2 is 2.05 bits per heavy atom. The molecule has 0 saturated heterocycles. The summed E-state index contributed by atoms with van der Waals surface area (Å²) < 4.78 is 0. The topological polar surface area (TPSA) is 76.0 Å². The van der Waals surface area contributed by atoms with Gasteiger partial charge in [-0.3, -0.25) is 14.9 Å². The van der Waals surface area contributed by atoms with Gasteiger partial charge in [-0.25, -0.2) is 0 Å². The van der Waals surface area contributed by atoms with Crippen molar-refractivity contribution in [2.75, 3.05) is 0 Å². The lowest BCUT2D eigenvalue weighted by atomic mass is 10.0. The van der Waals surface area contributed by atoms with Crippen molar-refractivity contribution in [3.8, 4) is 11.1 Å². The molecule has 5 nitrogen and oxygen atoms in total. The summed E-state index contributed by atoms with van der Waals surface area (Å²) in [5.41, 5.74) is 1.56. The molecule has 1 radical (unpaired) electrons. The Balaban J connectivity index is 2.22. The molecule has 103 valence electrons. The second-order valence-electron chi connectivity index (χ2n) is 4.47. The highest BCUT2D eigenvalue weighted by molar-refractivity contribution is 6.34. The molecule has 0 amide bonds. The van der Waals surface area contributed by atoms with Crippen molar-refractivity contribution in [1.29, 1.82) is 0 Å². The molecule has 0 atom stereocenters. The monoisotopic (exact) mass is 299 g/mol. The molecule has 0 bridgehead atoms. The summed E-state index contributed by atoms with van der Waals surface area (Å²) in [4.78, 5) is 24.3. The zero-order valence-electron chi connectivity index (χ0n) is 10.6. The van der Waals surface area contributed by atoms with Crippen LogP contribution in [-0.4, -0.2) is 9.91 Å². The first kappa shape index (κ1) is 13.3. The molecule has 1 aromatic heterocycles. The highest BCUT2D eigenvalue weighted by atomic mass is 35.5. The summed E-state index contributed by atoms with van der Waals surface area (Å²) in [5, 5.41) is 12.0. The fourth-order valence-electron chi connectivity index (χ4n) is 2.13. The standard InChI is InChI=1S/C15H8ClN2O3/c16-13-8-14-10(4-5-15(19)17-14)7-12(13)9-2-1-3-11(6-9)18(20)21/h1-4,6-8H,(H,17,19). The van der Waals surface area contributed by atoms with Crippen LogP contribution >= 0.6 is 11.6 Å². The van der Waals surface area contributed by atoms with E-state index in [0.29, 0.717) is 21.7 Å². The van der Waals surface area contributed by atoms with E-state index in [2.05, 4.69) is 11.1 Å². The number of nitro benzene ring substituents is 1. The molecule has 0 aliphatic heterocycles. The van der Waals surface area contributed by atoms with E-state index in [1.54, 1.807) is 30.3 Å². The van der Waals surface area contributed by atoms with E-state index >= 15 is 0 Å². The number of hydrogen-bond acceptors (Lipinski definition) is 3. The number of rotatable bonds is 2. The van der Waals surface area contributed by atoms with Gasteiger partial charge in [0.05, 0.1) is 16.0 Å². The molecular formula is C15H8ClN2O3. The zero-order chi connectivity index (χ0) is 15.0. The van der Waals surface area contributed by atoms with Gasteiger partial charge in [0.1, 0.15) is 0 Å². The number of aromatic amines is 1. The lowest BCUT2D eigenvalue weighted by Crippen LogP contribution is -2.03. The van der Waals surface area contributed by atoms with Crippen molar-refractivity contribution in [2.24, 2.45) is 0 Å². The maximum absolute atomic E-state index is 11.2. The molecule has 3 aromatic rings. The van der Waals surface area contributed by atoms with Crippen molar-refractivity contribution in [1.82, 2.24) is 4.98 Å². The van der Waals surface area contributed by atoms with Crippen LogP contribution in [0.2, 0.25) is 5.02 Å². The molecule has 2 aromatic carbocycles. The summed E-state index contributed by atoms with van der Waals surface area (Å²) in [6.07, 6.45) is 0. The molecule has 0 aliphatic rings. The quantitative estimate of drug-likeness (QED) is 0.580. The third kappa shape index (κ3) is 2.51. The fourth-order valence-corrected chi connectivity index (χ4v) is 2.40. The SMILES string of the molecule is O=c1[c]cc2cc(-c3cccc([N+](=O)[O-])c3)c(Cl)cc2[nH]1. The van der Waals surface area contributed by atoms with Gasteiger partial charge >= 0.3 is 0 Å². The van der Waals surface area contributed by atoms with Gasteiger partial charge in [-0.1, -0.05) is 23.7 Å². The minimum absolute atomic E-state index is 0.00306. The van der Waals surface area contributed by atoms with E-state index in [1.807, 2.05) is 0 Å². The van der Waals surface area contributed by atoms with E-state index in [1.165, 1.54) is 12.1 Å². The Labute approximate surface area is 124 Å². The minimum Gasteiger partial charge on any atom is -0.321 e. The van der Waals surface area contributed by atoms with Crippen LogP contribution in [0.3, 0.4) is 0 Å². The molecule has 0 saturated carbocycles. The van der Waals surface area contributed by atoms with E-state index < -0.39 is 4.92 Å². The maximum atomic E-state index is 11.2. The Bertz CT molecular complexity index is 918. The molecule has 6 heteroatoms. The van der Waals surface area contributed by atoms with Gasteiger partial charge in [0, 0.05) is 23.2 Å². The second-order valence-corrected chi connectivity index (χ2v) is 4.88. The Morgan fingerprint density at radius 3 is 2.81 bits per heavy atom. The summed E-state index contributed by atoms with van der Waals surface area (Å²) in [6.45, 7) is 0. The summed E-state index contributed by atoms with van der Waals surface area (Å²) in [6, 6.07) is 13.7. The lowest BCUT2D eigenvalue weighted by Gasteiger charge is -2.07. The highest BCUT2D eigenvalue weighted by Gasteiger charge is 2.11. The number of pyridine rings is 1. The predicted octanol–water partition coefficient (Wildman–Crippen LogP) is 3.56. The molecule has 0 aliphatic carbocycles.